The first-order valence-electron chi connectivity index (χ1n) is 10.3. The fourth-order valence-corrected chi connectivity index (χ4v) is 4.69. The first-order chi connectivity index (χ1) is 14.7. The highest BCUT2D eigenvalue weighted by Crippen LogP contribution is 2.40. The van der Waals surface area contributed by atoms with E-state index in [0.717, 1.165) is 33.5 Å². The van der Waals surface area contributed by atoms with Crippen LogP contribution < -0.4 is 0 Å². The molecule has 0 bridgehead atoms. The minimum Gasteiger partial charge on any atom is -0.247 e. The molecule has 0 saturated heterocycles. The lowest BCUT2D eigenvalue weighted by atomic mass is 9.91. The van der Waals surface area contributed by atoms with Crippen LogP contribution in [0.2, 0.25) is 0 Å². The van der Waals surface area contributed by atoms with Crippen LogP contribution in [0.5, 0.6) is 0 Å². The molecule has 0 atom stereocenters. The molecule has 142 valence electrons. The van der Waals surface area contributed by atoms with Crippen LogP contribution in [0.1, 0.15) is 11.1 Å². The molecule has 0 radical (unpaired) electrons. The molecule has 0 saturated carbocycles. The van der Waals surface area contributed by atoms with Gasteiger partial charge in [0.2, 0.25) is 0 Å². The molecule has 2 nitrogen and oxygen atoms in total. The first kappa shape index (κ1) is 17.1. The van der Waals surface area contributed by atoms with Crippen LogP contribution in [-0.4, -0.2) is 9.97 Å². The largest absolute Gasteiger partial charge is 0.247 e. The SMILES string of the molecule is Cc1c(-c2ccccc2)nc2ccc3nc(-c4ccccc4)c(C)c4ccc1c2c34. The van der Waals surface area contributed by atoms with Gasteiger partial charge in [0, 0.05) is 21.9 Å². The normalized spacial score (nSPS) is 11.7. The van der Waals surface area contributed by atoms with Crippen molar-refractivity contribution in [2.75, 3.05) is 0 Å². The molecule has 4 aromatic carbocycles. The lowest BCUT2D eigenvalue weighted by Crippen LogP contribution is -1.97. The Balaban J connectivity index is 1.72. The number of benzene rings is 4. The summed E-state index contributed by atoms with van der Waals surface area (Å²) in [6.45, 7) is 4.35. The fourth-order valence-electron chi connectivity index (χ4n) is 4.69. The smallest absolute Gasteiger partial charge is 0.0744 e. The summed E-state index contributed by atoms with van der Waals surface area (Å²) in [5, 5.41) is 4.95. The third kappa shape index (κ3) is 2.37. The summed E-state index contributed by atoms with van der Waals surface area (Å²) < 4.78 is 0. The van der Waals surface area contributed by atoms with E-state index < -0.39 is 0 Å². The Morgan fingerprint density at radius 1 is 0.467 bits per heavy atom. The molecule has 0 amide bonds. The molecule has 6 aromatic rings. The van der Waals surface area contributed by atoms with Crippen molar-refractivity contribution in [1.82, 2.24) is 9.97 Å². The monoisotopic (exact) mass is 384 g/mol. The van der Waals surface area contributed by atoms with Crippen molar-refractivity contribution in [1.29, 1.82) is 0 Å². The Bertz CT molecular complexity index is 1420. The van der Waals surface area contributed by atoms with Gasteiger partial charge in [0.05, 0.1) is 22.4 Å². The van der Waals surface area contributed by atoms with E-state index in [-0.39, 0.29) is 0 Å². The van der Waals surface area contributed by atoms with Crippen molar-refractivity contribution < 1.29 is 0 Å². The average Bonchev–Trinajstić information content (AvgIpc) is 2.81. The number of pyridine rings is 2. The van der Waals surface area contributed by atoms with Crippen LogP contribution in [0, 0.1) is 13.8 Å². The summed E-state index contributed by atoms with van der Waals surface area (Å²) in [5.74, 6) is 0. The van der Waals surface area contributed by atoms with Gasteiger partial charge in [-0.3, -0.25) is 0 Å². The molecule has 0 aliphatic rings. The van der Waals surface area contributed by atoms with Crippen LogP contribution in [0.15, 0.2) is 84.9 Å². The van der Waals surface area contributed by atoms with Gasteiger partial charge < -0.3 is 0 Å². The van der Waals surface area contributed by atoms with Gasteiger partial charge in [-0.1, -0.05) is 72.8 Å². The minimum atomic E-state index is 1.03. The summed E-state index contributed by atoms with van der Waals surface area (Å²) in [6.07, 6.45) is 0. The molecular weight excluding hydrogens is 364 g/mol. The third-order valence-electron chi connectivity index (χ3n) is 6.19. The minimum absolute atomic E-state index is 1.03. The van der Waals surface area contributed by atoms with Crippen molar-refractivity contribution in [3.05, 3.63) is 96.1 Å². The van der Waals surface area contributed by atoms with Crippen LogP contribution in [0.3, 0.4) is 0 Å². The van der Waals surface area contributed by atoms with Crippen LogP contribution in [0.25, 0.3) is 55.1 Å². The molecule has 2 heterocycles. The summed E-state index contributed by atoms with van der Waals surface area (Å²) in [6, 6.07) is 29.6. The molecule has 30 heavy (non-hydrogen) atoms. The molecule has 0 N–H and O–H groups in total. The summed E-state index contributed by atoms with van der Waals surface area (Å²) in [4.78, 5) is 10.2. The van der Waals surface area contributed by atoms with E-state index in [0.29, 0.717) is 0 Å². The topological polar surface area (TPSA) is 25.8 Å². The van der Waals surface area contributed by atoms with E-state index in [9.17, 15) is 0 Å². The lowest BCUT2D eigenvalue weighted by molar-refractivity contribution is 1.33. The standard InChI is InChI=1S/C28H20N2/c1-17-21-13-14-22-18(2)28(20-11-7-4-8-12-20)30-24-16-15-23(25(21)26(22)24)29-27(17)19-9-5-3-6-10-19/h3-16H,1-2H3. The second-order valence-electron chi connectivity index (χ2n) is 7.92. The molecule has 6 rings (SSSR count). The quantitative estimate of drug-likeness (QED) is 0.292. The molecule has 0 spiro atoms. The van der Waals surface area contributed by atoms with Crippen LogP contribution in [-0.2, 0) is 0 Å². The molecule has 2 heteroatoms. The second kappa shape index (κ2) is 6.36. The van der Waals surface area contributed by atoms with Gasteiger partial charge in [-0.2, -0.15) is 0 Å². The van der Waals surface area contributed by atoms with Crippen molar-refractivity contribution >= 4 is 32.6 Å². The molecule has 0 aliphatic heterocycles. The number of nitrogens with zero attached hydrogens (tertiary/aromatic N) is 2. The Labute approximate surface area is 175 Å². The van der Waals surface area contributed by atoms with E-state index in [4.69, 9.17) is 9.97 Å². The highest BCUT2D eigenvalue weighted by molar-refractivity contribution is 6.23. The van der Waals surface area contributed by atoms with E-state index >= 15 is 0 Å². The Kier molecular flexibility index (Phi) is 3.63. The number of hydrogen-bond acceptors (Lipinski definition) is 2. The van der Waals surface area contributed by atoms with Crippen molar-refractivity contribution in [3.63, 3.8) is 0 Å². The maximum Gasteiger partial charge on any atom is 0.0744 e. The second-order valence-corrected chi connectivity index (χ2v) is 7.92. The first-order valence-corrected chi connectivity index (χ1v) is 10.3. The van der Waals surface area contributed by atoms with Crippen molar-refractivity contribution in [2.24, 2.45) is 0 Å². The average molecular weight is 384 g/mol. The Morgan fingerprint density at radius 2 is 0.867 bits per heavy atom. The Hall–Kier alpha value is -3.78. The molecule has 0 unspecified atom stereocenters. The zero-order valence-electron chi connectivity index (χ0n) is 17.0. The highest BCUT2D eigenvalue weighted by Gasteiger charge is 2.18. The van der Waals surface area contributed by atoms with E-state index in [1.807, 2.05) is 12.1 Å². The third-order valence-corrected chi connectivity index (χ3v) is 6.19. The molecule has 2 aromatic heterocycles. The van der Waals surface area contributed by atoms with Crippen molar-refractivity contribution in [3.8, 4) is 22.5 Å². The summed E-state index contributed by atoms with van der Waals surface area (Å²) in [7, 11) is 0. The van der Waals surface area contributed by atoms with Gasteiger partial charge in [0.25, 0.3) is 0 Å². The van der Waals surface area contributed by atoms with E-state index in [1.165, 1.54) is 32.7 Å². The Morgan fingerprint density at radius 3 is 1.27 bits per heavy atom. The number of aromatic nitrogens is 2. The maximum absolute atomic E-state index is 5.08. The molecule has 0 aliphatic carbocycles. The highest BCUT2D eigenvalue weighted by atomic mass is 14.7. The van der Waals surface area contributed by atoms with Gasteiger partial charge >= 0.3 is 0 Å². The van der Waals surface area contributed by atoms with Gasteiger partial charge in [-0.25, -0.2) is 9.97 Å². The van der Waals surface area contributed by atoms with Crippen LogP contribution in [0.4, 0.5) is 0 Å². The summed E-state index contributed by atoms with van der Waals surface area (Å²) >= 11 is 0. The predicted octanol–water partition coefficient (Wildman–Crippen LogP) is 7.32. The van der Waals surface area contributed by atoms with E-state index in [1.54, 1.807) is 0 Å². The molecule has 0 fully saturated rings. The molecular formula is C28H20N2. The van der Waals surface area contributed by atoms with E-state index in [2.05, 4.69) is 86.6 Å². The maximum atomic E-state index is 5.08. The predicted molar refractivity (Wildman–Crippen MR) is 126 cm³/mol. The van der Waals surface area contributed by atoms with Gasteiger partial charge in [-0.05, 0) is 47.9 Å². The lowest BCUT2D eigenvalue weighted by Gasteiger charge is -2.17. The van der Waals surface area contributed by atoms with Crippen molar-refractivity contribution in [2.45, 2.75) is 13.8 Å². The van der Waals surface area contributed by atoms with Gasteiger partial charge in [0.1, 0.15) is 0 Å². The zero-order valence-corrected chi connectivity index (χ0v) is 17.0. The summed E-state index contributed by atoms with van der Waals surface area (Å²) in [5.41, 5.74) is 8.90. The number of rotatable bonds is 2. The fraction of sp³-hybridized carbons (Fsp3) is 0.0714. The van der Waals surface area contributed by atoms with Gasteiger partial charge in [0.15, 0.2) is 0 Å². The number of aryl methyl sites for hydroxylation is 2. The zero-order chi connectivity index (χ0) is 20.2. The van der Waals surface area contributed by atoms with Crippen LogP contribution >= 0.6 is 0 Å². The van der Waals surface area contributed by atoms with Gasteiger partial charge in [-0.15, -0.1) is 0 Å². The number of hydrogen-bond donors (Lipinski definition) is 0.